The number of hydrogen-bond acceptors (Lipinski definition) is 7. The number of ether oxygens (including phenoxy) is 3. The Morgan fingerprint density at radius 1 is 1.14 bits per heavy atom. The number of aromatic nitrogens is 1. The van der Waals surface area contributed by atoms with E-state index in [0.717, 1.165) is 16.4 Å². The molecule has 0 saturated carbocycles. The second-order valence-electron chi connectivity index (χ2n) is 4.11. The maximum Gasteiger partial charge on any atom is 0.203 e. The van der Waals surface area contributed by atoms with Crippen LogP contribution in [0.15, 0.2) is 22.6 Å². The molecular formula is C14H17N3O3S. The second-order valence-corrected chi connectivity index (χ2v) is 4.97. The summed E-state index contributed by atoms with van der Waals surface area (Å²) in [7, 11) is 4.76. The number of nitrogens with one attached hydrogen (secondary N) is 1. The molecule has 1 N–H and O–H groups in total. The quantitative estimate of drug-likeness (QED) is 0.656. The standard InChI is InChI=1S/C14H17N3O3S/c1-9-8-21-14(16-9)17-15-7-11-12(19-3)5-10(18-2)6-13(11)20-4/h5-8H,1-4H3,(H,16,17). The van der Waals surface area contributed by atoms with E-state index in [2.05, 4.69) is 15.5 Å². The van der Waals surface area contributed by atoms with E-state index in [4.69, 9.17) is 14.2 Å². The number of hydrazone groups is 1. The van der Waals surface area contributed by atoms with E-state index in [-0.39, 0.29) is 0 Å². The third kappa shape index (κ3) is 3.63. The molecular weight excluding hydrogens is 290 g/mol. The number of thiazole rings is 1. The molecule has 1 aromatic carbocycles. The predicted octanol–water partition coefficient (Wildman–Crippen LogP) is 2.92. The zero-order valence-electron chi connectivity index (χ0n) is 12.3. The largest absolute Gasteiger partial charge is 0.496 e. The van der Waals surface area contributed by atoms with Crippen molar-refractivity contribution in [1.29, 1.82) is 0 Å². The lowest BCUT2D eigenvalue weighted by Crippen LogP contribution is -1.99. The molecule has 0 aliphatic heterocycles. The summed E-state index contributed by atoms with van der Waals surface area (Å²) < 4.78 is 15.9. The van der Waals surface area contributed by atoms with Gasteiger partial charge in [0.1, 0.15) is 17.2 Å². The SMILES string of the molecule is COc1cc(OC)c(C=NNc2nc(C)cs2)c(OC)c1. The highest BCUT2D eigenvalue weighted by Gasteiger charge is 2.11. The van der Waals surface area contributed by atoms with Crippen LogP contribution in [-0.4, -0.2) is 32.5 Å². The molecule has 0 unspecified atom stereocenters. The van der Waals surface area contributed by atoms with Crippen LogP contribution in [0.4, 0.5) is 5.13 Å². The van der Waals surface area contributed by atoms with Crippen LogP contribution in [0, 0.1) is 6.92 Å². The summed E-state index contributed by atoms with van der Waals surface area (Å²) in [6.45, 7) is 1.93. The minimum Gasteiger partial charge on any atom is -0.496 e. The van der Waals surface area contributed by atoms with E-state index in [1.54, 1.807) is 39.7 Å². The van der Waals surface area contributed by atoms with Crippen molar-refractivity contribution in [3.63, 3.8) is 0 Å². The number of nitrogens with zero attached hydrogens (tertiary/aromatic N) is 2. The van der Waals surface area contributed by atoms with Crippen LogP contribution < -0.4 is 19.6 Å². The van der Waals surface area contributed by atoms with Gasteiger partial charge in [0.05, 0.1) is 38.8 Å². The number of hydrogen-bond donors (Lipinski definition) is 1. The zero-order valence-corrected chi connectivity index (χ0v) is 13.2. The van der Waals surface area contributed by atoms with Crippen LogP contribution in [0.5, 0.6) is 17.2 Å². The number of methoxy groups -OCH3 is 3. The van der Waals surface area contributed by atoms with Gasteiger partial charge in [0.25, 0.3) is 0 Å². The first-order chi connectivity index (χ1) is 10.2. The Morgan fingerprint density at radius 3 is 2.29 bits per heavy atom. The molecule has 0 saturated heterocycles. The fraction of sp³-hybridized carbons (Fsp3) is 0.286. The fourth-order valence-electron chi connectivity index (χ4n) is 1.72. The smallest absolute Gasteiger partial charge is 0.203 e. The Labute approximate surface area is 127 Å². The van der Waals surface area contributed by atoms with Gasteiger partial charge in [-0.25, -0.2) is 4.98 Å². The summed E-state index contributed by atoms with van der Waals surface area (Å²) in [5, 5.41) is 6.85. The number of benzene rings is 1. The molecule has 1 aromatic heterocycles. The van der Waals surface area contributed by atoms with Crippen molar-refractivity contribution in [2.75, 3.05) is 26.8 Å². The molecule has 6 nitrogen and oxygen atoms in total. The molecule has 0 amide bonds. The van der Waals surface area contributed by atoms with E-state index >= 15 is 0 Å². The van der Waals surface area contributed by atoms with Crippen molar-refractivity contribution >= 4 is 22.7 Å². The van der Waals surface area contributed by atoms with E-state index in [9.17, 15) is 0 Å². The summed E-state index contributed by atoms with van der Waals surface area (Å²) in [5.41, 5.74) is 4.56. The maximum atomic E-state index is 5.35. The fourth-order valence-corrected chi connectivity index (χ4v) is 2.35. The van der Waals surface area contributed by atoms with E-state index in [1.807, 2.05) is 12.3 Å². The molecule has 0 radical (unpaired) electrons. The molecule has 0 spiro atoms. The molecule has 0 atom stereocenters. The summed E-state index contributed by atoms with van der Waals surface area (Å²) in [6, 6.07) is 3.55. The predicted molar refractivity (Wildman–Crippen MR) is 84.2 cm³/mol. The Kier molecular flexibility index (Phi) is 4.99. The summed E-state index contributed by atoms with van der Waals surface area (Å²) >= 11 is 1.49. The van der Waals surface area contributed by atoms with Crippen molar-refractivity contribution in [2.24, 2.45) is 5.10 Å². The van der Waals surface area contributed by atoms with E-state index in [1.165, 1.54) is 11.3 Å². The molecule has 0 fully saturated rings. The highest BCUT2D eigenvalue weighted by molar-refractivity contribution is 7.13. The summed E-state index contributed by atoms with van der Waals surface area (Å²) in [4.78, 5) is 4.27. The van der Waals surface area contributed by atoms with Gasteiger partial charge in [0.15, 0.2) is 0 Å². The van der Waals surface area contributed by atoms with Gasteiger partial charge in [-0.15, -0.1) is 11.3 Å². The molecule has 2 rings (SSSR count). The van der Waals surface area contributed by atoms with Crippen LogP contribution in [0.25, 0.3) is 0 Å². The maximum absolute atomic E-state index is 5.35. The summed E-state index contributed by atoms with van der Waals surface area (Å²) in [5.74, 6) is 1.89. The lowest BCUT2D eigenvalue weighted by molar-refractivity contribution is 0.374. The Hall–Kier alpha value is -2.28. The molecule has 21 heavy (non-hydrogen) atoms. The van der Waals surface area contributed by atoms with Gasteiger partial charge in [-0.2, -0.15) is 5.10 Å². The second kappa shape index (κ2) is 6.94. The number of anilines is 1. The van der Waals surface area contributed by atoms with Gasteiger partial charge in [0, 0.05) is 17.5 Å². The number of aryl methyl sites for hydroxylation is 1. The van der Waals surface area contributed by atoms with Crippen LogP contribution >= 0.6 is 11.3 Å². The third-order valence-electron chi connectivity index (χ3n) is 2.73. The van der Waals surface area contributed by atoms with Crippen molar-refractivity contribution in [2.45, 2.75) is 6.92 Å². The topological polar surface area (TPSA) is 65.0 Å². The first-order valence-corrected chi connectivity index (χ1v) is 7.07. The highest BCUT2D eigenvalue weighted by Crippen LogP contribution is 2.32. The average Bonchev–Trinajstić information content (AvgIpc) is 2.92. The molecule has 7 heteroatoms. The van der Waals surface area contributed by atoms with E-state index < -0.39 is 0 Å². The average molecular weight is 307 g/mol. The van der Waals surface area contributed by atoms with Gasteiger partial charge in [-0.3, -0.25) is 5.43 Å². The normalized spacial score (nSPS) is 10.7. The first kappa shape index (κ1) is 15.1. The van der Waals surface area contributed by atoms with E-state index in [0.29, 0.717) is 17.2 Å². The summed E-state index contributed by atoms with van der Waals surface area (Å²) in [6.07, 6.45) is 1.63. The van der Waals surface area contributed by atoms with Crippen LogP contribution in [-0.2, 0) is 0 Å². The van der Waals surface area contributed by atoms with Gasteiger partial charge < -0.3 is 14.2 Å². The monoisotopic (exact) mass is 307 g/mol. The minimum atomic E-state index is 0.618. The highest BCUT2D eigenvalue weighted by atomic mass is 32.1. The molecule has 0 aliphatic rings. The Morgan fingerprint density at radius 2 is 1.81 bits per heavy atom. The molecule has 0 aliphatic carbocycles. The van der Waals surface area contributed by atoms with Gasteiger partial charge in [-0.1, -0.05) is 0 Å². The van der Waals surface area contributed by atoms with Crippen LogP contribution in [0.2, 0.25) is 0 Å². The lowest BCUT2D eigenvalue weighted by Gasteiger charge is -2.11. The molecule has 112 valence electrons. The van der Waals surface area contributed by atoms with Crippen molar-refractivity contribution < 1.29 is 14.2 Å². The lowest BCUT2D eigenvalue weighted by atomic mass is 10.2. The zero-order chi connectivity index (χ0) is 15.2. The third-order valence-corrected chi connectivity index (χ3v) is 3.59. The van der Waals surface area contributed by atoms with Gasteiger partial charge in [0.2, 0.25) is 5.13 Å². The van der Waals surface area contributed by atoms with Crippen LogP contribution in [0.3, 0.4) is 0 Å². The van der Waals surface area contributed by atoms with Gasteiger partial charge >= 0.3 is 0 Å². The van der Waals surface area contributed by atoms with Gasteiger partial charge in [-0.05, 0) is 6.92 Å². The van der Waals surface area contributed by atoms with Crippen molar-refractivity contribution in [3.05, 3.63) is 28.8 Å². The first-order valence-electron chi connectivity index (χ1n) is 6.19. The number of rotatable bonds is 6. The van der Waals surface area contributed by atoms with Crippen molar-refractivity contribution in [3.8, 4) is 17.2 Å². The Bertz CT molecular complexity index is 615. The Balaban J connectivity index is 2.25. The van der Waals surface area contributed by atoms with Crippen molar-refractivity contribution in [1.82, 2.24) is 4.98 Å². The minimum absolute atomic E-state index is 0.618. The molecule has 2 aromatic rings. The molecule has 0 bridgehead atoms. The van der Waals surface area contributed by atoms with Crippen LogP contribution in [0.1, 0.15) is 11.3 Å². The molecule has 1 heterocycles.